The lowest BCUT2D eigenvalue weighted by Crippen LogP contribution is -2.11. The van der Waals surface area contributed by atoms with Gasteiger partial charge in [-0.2, -0.15) is 13.2 Å². The number of hydrogen-bond acceptors (Lipinski definition) is 2. The molecule has 0 unspecified atom stereocenters. The fourth-order valence-electron chi connectivity index (χ4n) is 2.36. The van der Waals surface area contributed by atoms with Gasteiger partial charge in [-0.1, -0.05) is 25.1 Å². The number of hydrogen-bond donors (Lipinski definition) is 1. The molecular weight excluding hydrogens is 261 g/mol. The number of nitrogens with zero attached hydrogens (tertiary/aromatic N) is 1. The van der Waals surface area contributed by atoms with E-state index in [0.29, 0.717) is 16.4 Å². The van der Waals surface area contributed by atoms with Crippen LogP contribution in [0.4, 0.5) is 13.2 Å². The van der Waals surface area contributed by atoms with Crippen molar-refractivity contribution < 1.29 is 13.2 Å². The Balaban J connectivity index is 2.13. The van der Waals surface area contributed by atoms with E-state index in [0.717, 1.165) is 18.5 Å². The Hall–Kier alpha value is -0.910. The van der Waals surface area contributed by atoms with Crippen molar-refractivity contribution in [2.45, 2.75) is 50.6 Å². The number of aromatic amines is 1. The largest absolute Gasteiger partial charge is 0.389 e. The SMILES string of the molecule is FC(F)(F)CCc1nc(=S)cc(C2CCCC2)[nH]1. The number of aromatic nitrogens is 2. The average Bonchev–Trinajstić information content (AvgIpc) is 2.78. The van der Waals surface area contributed by atoms with E-state index in [1.807, 2.05) is 0 Å². The van der Waals surface area contributed by atoms with Crippen molar-refractivity contribution in [2.75, 3.05) is 0 Å². The highest BCUT2D eigenvalue weighted by atomic mass is 32.1. The fourth-order valence-corrected chi connectivity index (χ4v) is 2.60. The second-order valence-electron chi connectivity index (χ2n) is 4.72. The van der Waals surface area contributed by atoms with Crippen LogP contribution in [-0.2, 0) is 6.42 Å². The Kier molecular flexibility index (Phi) is 4.04. The summed E-state index contributed by atoms with van der Waals surface area (Å²) in [5.41, 5.74) is 0.949. The summed E-state index contributed by atoms with van der Waals surface area (Å²) in [4.78, 5) is 6.99. The molecule has 1 aromatic rings. The minimum atomic E-state index is -4.15. The van der Waals surface area contributed by atoms with Crippen molar-refractivity contribution in [3.63, 3.8) is 0 Å². The second-order valence-corrected chi connectivity index (χ2v) is 5.14. The van der Waals surface area contributed by atoms with E-state index in [4.69, 9.17) is 12.2 Å². The summed E-state index contributed by atoms with van der Waals surface area (Å²) in [6, 6.07) is 1.78. The third-order valence-corrected chi connectivity index (χ3v) is 3.46. The molecule has 100 valence electrons. The molecule has 0 radical (unpaired) electrons. The minimum absolute atomic E-state index is 0.131. The van der Waals surface area contributed by atoms with E-state index in [2.05, 4.69) is 9.97 Å². The van der Waals surface area contributed by atoms with Crippen LogP contribution < -0.4 is 0 Å². The van der Waals surface area contributed by atoms with Gasteiger partial charge < -0.3 is 4.98 Å². The van der Waals surface area contributed by atoms with Gasteiger partial charge >= 0.3 is 6.18 Å². The van der Waals surface area contributed by atoms with E-state index in [1.165, 1.54) is 12.8 Å². The average molecular weight is 276 g/mol. The van der Waals surface area contributed by atoms with Gasteiger partial charge in [-0.15, -0.1) is 0 Å². The van der Waals surface area contributed by atoms with Crippen molar-refractivity contribution in [2.24, 2.45) is 0 Å². The predicted molar refractivity (Wildman–Crippen MR) is 65.0 cm³/mol. The number of rotatable bonds is 3. The first kappa shape index (κ1) is 13.5. The maximum absolute atomic E-state index is 12.2. The number of nitrogens with one attached hydrogen (secondary N) is 1. The molecule has 1 aliphatic carbocycles. The molecular formula is C12H15F3N2S. The molecule has 0 aliphatic heterocycles. The van der Waals surface area contributed by atoms with Gasteiger partial charge in [0.2, 0.25) is 0 Å². The van der Waals surface area contributed by atoms with Gasteiger partial charge in [-0.25, -0.2) is 4.98 Å². The molecule has 0 aromatic carbocycles. The van der Waals surface area contributed by atoms with Gasteiger partial charge in [0.15, 0.2) is 0 Å². The molecule has 1 heterocycles. The van der Waals surface area contributed by atoms with Crippen molar-refractivity contribution in [3.8, 4) is 0 Å². The van der Waals surface area contributed by atoms with Gasteiger partial charge in [-0.05, 0) is 24.8 Å². The van der Waals surface area contributed by atoms with Crippen LogP contribution in [-0.4, -0.2) is 16.1 Å². The number of alkyl halides is 3. The van der Waals surface area contributed by atoms with Crippen LogP contribution in [0, 0.1) is 4.64 Å². The molecule has 1 fully saturated rings. The molecule has 2 rings (SSSR count). The molecule has 2 nitrogen and oxygen atoms in total. The van der Waals surface area contributed by atoms with Crippen LogP contribution in [0.1, 0.15) is 49.5 Å². The molecule has 1 saturated carbocycles. The molecule has 1 aliphatic rings. The third kappa shape index (κ3) is 3.80. The first-order valence-corrected chi connectivity index (χ1v) is 6.52. The molecule has 0 saturated heterocycles. The van der Waals surface area contributed by atoms with Gasteiger partial charge in [0.25, 0.3) is 0 Å². The first-order chi connectivity index (χ1) is 8.44. The third-order valence-electron chi connectivity index (χ3n) is 3.25. The van der Waals surface area contributed by atoms with E-state index >= 15 is 0 Å². The lowest BCUT2D eigenvalue weighted by atomic mass is 10.0. The Bertz CT molecular complexity index is 461. The minimum Gasteiger partial charge on any atom is -0.347 e. The molecule has 18 heavy (non-hydrogen) atoms. The maximum Gasteiger partial charge on any atom is 0.389 e. The van der Waals surface area contributed by atoms with E-state index in [9.17, 15) is 13.2 Å². The summed E-state index contributed by atoms with van der Waals surface area (Å²) >= 11 is 5.02. The second kappa shape index (κ2) is 5.38. The Morgan fingerprint density at radius 3 is 2.61 bits per heavy atom. The van der Waals surface area contributed by atoms with Crippen LogP contribution >= 0.6 is 12.2 Å². The lowest BCUT2D eigenvalue weighted by Gasteiger charge is -2.12. The molecule has 0 bridgehead atoms. The van der Waals surface area contributed by atoms with Crippen molar-refractivity contribution in [3.05, 3.63) is 22.2 Å². The zero-order valence-corrected chi connectivity index (χ0v) is 10.7. The zero-order chi connectivity index (χ0) is 13.2. The van der Waals surface area contributed by atoms with Gasteiger partial charge in [-0.3, -0.25) is 0 Å². The predicted octanol–water partition coefficient (Wildman–Crippen LogP) is 4.29. The number of halogens is 3. The van der Waals surface area contributed by atoms with Crippen LogP contribution in [0.3, 0.4) is 0 Å². The molecule has 1 N–H and O–H groups in total. The highest BCUT2D eigenvalue weighted by Gasteiger charge is 2.27. The number of aryl methyl sites for hydroxylation is 1. The summed E-state index contributed by atoms with van der Waals surface area (Å²) in [6.45, 7) is 0. The summed E-state index contributed by atoms with van der Waals surface area (Å²) in [5, 5.41) is 0. The van der Waals surface area contributed by atoms with Crippen molar-refractivity contribution in [1.29, 1.82) is 0 Å². The Morgan fingerprint density at radius 1 is 1.33 bits per heavy atom. The Labute approximate surface area is 109 Å². The standard InChI is InChI=1S/C12H15F3N2S/c13-12(14,15)6-5-10-16-9(7-11(18)17-10)8-3-1-2-4-8/h7-8H,1-6H2,(H,16,17,18). The smallest absolute Gasteiger partial charge is 0.347 e. The van der Waals surface area contributed by atoms with E-state index < -0.39 is 12.6 Å². The molecule has 6 heteroatoms. The van der Waals surface area contributed by atoms with E-state index in [-0.39, 0.29) is 6.42 Å². The zero-order valence-electron chi connectivity index (χ0n) is 9.89. The summed E-state index contributed by atoms with van der Waals surface area (Å²) in [7, 11) is 0. The maximum atomic E-state index is 12.2. The van der Waals surface area contributed by atoms with Crippen LogP contribution in [0.5, 0.6) is 0 Å². The van der Waals surface area contributed by atoms with Crippen LogP contribution in [0.15, 0.2) is 6.07 Å². The summed E-state index contributed by atoms with van der Waals surface area (Å²) < 4.78 is 36.9. The first-order valence-electron chi connectivity index (χ1n) is 6.11. The molecule has 0 amide bonds. The van der Waals surface area contributed by atoms with Gasteiger partial charge in [0.05, 0.1) is 6.42 Å². The van der Waals surface area contributed by atoms with Crippen LogP contribution in [0.25, 0.3) is 0 Å². The Morgan fingerprint density at radius 2 is 2.00 bits per heavy atom. The lowest BCUT2D eigenvalue weighted by molar-refractivity contribution is -0.134. The fraction of sp³-hybridized carbons (Fsp3) is 0.667. The van der Waals surface area contributed by atoms with E-state index in [1.54, 1.807) is 6.07 Å². The highest BCUT2D eigenvalue weighted by molar-refractivity contribution is 7.71. The van der Waals surface area contributed by atoms with Gasteiger partial charge in [0.1, 0.15) is 10.5 Å². The molecule has 0 spiro atoms. The van der Waals surface area contributed by atoms with Crippen LogP contribution in [0.2, 0.25) is 0 Å². The number of H-pyrrole nitrogens is 1. The summed E-state index contributed by atoms with van der Waals surface area (Å²) in [6.07, 6.45) is -0.646. The monoisotopic (exact) mass is 276 g/mol. The molecule has 1 aromatic heterocycles. The molecule has 0 atom stereocenters. The topological polar surface area (TPSA) is 28.7 Å². The summed E-state index contributed by atoms with van der Waals surface area (Å²) in [5.74, 6) is 0.751. The van der Waals surface area contributed by atoms with Crippen molar-refractivity contribution >= 4 is 12.2 Å². The normalized spacial score (nSPS) is 17.3. The van der Waals surface area contributed by atoms with Gasteiger partial charge in [0, 0.05) is 12.1 Å². The quantitative estimate of drug-likeness (QED) is 0.834. The van der Waals surface area contributed by atoms with Crippen molar-refractivity contribution in [1.82, 2.24) is 9.97 Å². The highest BCUT2D eigenvalue weighted by Crippen LogP contribution is 2.33.